The van der Waals surface area contributed by atoms with Crippen LogP contribution in [0.25, 0.3) is 0 Å². The molecule has 19 heavy (non-hydrogen) atoms. The highest BCUT2D eigenvalue weighted by atomic mass is 19.2. The van der Waals surface area contributed by atoms with Crippen molar-refractivity contribution in [3.63, 3.8) is 0 Å². The molecule has 0 aromatic heterocycles. The van der Waals surface area contributed by atoms with E-state index in [2.05, 4.69) is 10.5 Å². The highest BCUT2D eigenvalue weighted by molar-refractivity contribution is 6.05. The molecule has 0 radical (unpaired) electrons. The van der Waals surface area contributed by atoms with E-state index in [9.17, 15) is 13.6 Å². The molecule has 0 aliphatic heterocycles. The third-order valence-corrected chi connectivity index (χ3v) is 2.75. The Kier molecular flexibility index (Phi) is 4.42. The van der Waals surface area contributed by atoms with Gasteiger partial charge in [-0.25, -0.2) is 8.78 Å². The smallest absolute Gasteiger partial charge is 0.233 e. The molecule has 1 aromatic rings. The Morgan fingerprint density at radius 1 is 1.42 bits per heavy atom. The Morgan fingerprint density at radius 2 is 2.05 bits per heavy atom. The number of rotatable bonds is 4. The Morgan fingerprint density at radius 3 is 2.58 bits per heavy atom. The summed E-state index contributed by atoms with van der Waals surface area (Å²) in [4.78, 5) is 11.8. The van der Waals surface area contributed by atoms with Gasteiger partial charge in [0.25, 0.3) is 0 Å². The van der Waals surface area contributed by atoms with Gasteiger partial charge in [0, 0.05) is 6.54 Å². The number of benzene rings is 1. The van der Waals surface area contributed by atoms with Crippen LogP contribution < -0.4 is 11.1 Å². The molecule has 1 rings (SSSR count). The summed E-state index contributed by atoms with van der Waals surface area (Å²) in [7, 11) is 0. The lowest BCUT2D eigenvalue weighted by Gasteiger charge is -2.21. The molecule has 1 amide bonds. The van der Waals surface area contributed by atoms with Crippen LogP contribution >= 0.6 is 0 Å². The number of oxime groups is 1. The van der Waals surface area contributed by atoms with Gasteiger partial charge in [-0.1, -0.05) is 11.2 Å². The van der Waals surface area contributed by atoms with E-state index < -0.39 is 23.0 Å². The lowest BCUT2D eigenvalue weighted by Crippen LogP contribution is -2.45. The molecule has 4 N–H and O–H groups in total. The quantitative estimate of drug-likeness (QED) is 0.334. The van der Waals surface area contributed by atoms with E-state index >= 15 is 0 Å². The molecule has 0 aliphatic rings. The third kappa shape index (κ3) is 3.40. The fourth-order valence-electron chi connectivity index (χ4n) is 1.29. The molecular weight excluding hydrogens is 256 g/mol. The van der Waals surface area contributed by atoms with Gasteiger partial charge >= 0.3 is 0 Å². The van der Waals surface area contributed by atoms with Crippen molar-refractivity contribution in [2.24, 2.45) is 16.3 Å². The summed E-state index contributed by atoms with van der Waals surface area (Å²) in [5, 5.41) is 13.9. The van der Waals surface area contributed by atoms with Crippen LogP contribution in [0.2, 0.25) is 0 Å². The largest absolute Gasteiger partial charge is 0.409 e. The first-order valence-corrected chi connectivity index (χ1v) is 5.49. The molecule has 1 aromatic carbocycles. The van der Waals surface area contributed by atoms with Crippen molar-refractivity contribution in [3.8, 4) is 0 Å². The van der Waals surface area contributed by atoms with Crippen LogP contribution in [0.4, 0.5) is 8.78 Å². The topological polar surface area (TPSA) is 87.7 Å². The van der Waals surface area contributed by atoms with Crippen molar-refractivity contribution < 1.29 is 18.8 Å². The maximum atomic E-state index is 13.0. The van der Waals surface area contributed by atoms with Gasteiger partial charge in [-0.2, -0.15) is 0 Å². The number of hydrogen-bond acceptors (Lipinski definition) is 3. The second kappa shape index (κ2) is 5.64. The number of carbonyl (C=O) groups excluding carboxylic acids is 1. The van der Waals surface area contributed by atoms with Crippen LogP contribution in [0.3, 0.4) is 0 Å². The molecule has 0 bridgehead atoms. The second-order valence-electron chi connectivity index (χ2n) is 4.54. The summed E-state index contributed by atoms with van der Waals surface area (Å²) in [5.41, 5.74) is 4.60. The summed E-state index contributed by atoms with van der Waals surface area (Å²) in [5.74, 6) is -2.67. The molecule has 0 unspecified atom stereocenters. The Bertz CT molecular complexity index is 516. The van der Waals surface area contributed by atoms with Gasteiger partial charge in [-0.05, 0) is 31.5 Å². The Hall–Kier alpha value is -2.18. The van der Waals surface area contributed by atoms with Gasteiger partial charge in [0.1, 0.15) is 5.41 Å². The number of carbonyl (C=O) groups is 1. The molecule has 7 heteroatoms. The zero-order valence-electron chi connectivity index (χ0n) is 10.6. The van der Waals surface area contributed by atoms with Gasteiger partial charge in [0.2, 0.25) is 5.91 Å². The highest BCUT2D eigenvalue weighted by Gasteiger charge is 2.32. The third-order valence-electron chi connectivity index (χ3n) is 2.75. The highest BCUT2D eigenvalue weighted by Crippen LogP contribution is 2.16. The number of nitrogens with one attached hydrogen (secondary N) is 1. The zero-order chi connectivity index (χ0) is 14.6. The zero-order valence-corrected chi connectivity index (χ0v) is 10.6. The first kappa shape index (κ1) is 14.9. The molecule has 0 spiro atoms. The molecule has 104 valence electrons. The number of nitrogens with zero attached hydrogens (tertiary/aromatic N) is 1. The normalized spacial score (nSPS) is 12.3. The van der Waals surface area contributed by atoms with E-state index in [0.29, 0.717) is 5.56 Å². The Labute approximate surface area is 109 Å². The molecular formula is C12H15F2N3O2. The van der Waals surface area contributed by atoms with Crippen LogP contribution in [-0.2, 0) is 11.3 Å². The van der Waals surface area contributed by atoms with Crippen molar-refractivity contribution in [3.05, 3.63) is 35.4 Å². The van der Waals surface area contributed by atoms with Gasteiger partial charge < -0.3 is 16.3 Å². The number of hydrogen-bond donors (Lipinski definition) is 3. The van der Waals surface area contributed by atoms with E-state index in [-0.39, 0.29) is 12.4 Å². The van der Waals surface area contributed by atoms with Gasteiger partial charge in [-0.15, -0.1) is 0 Å². The molecule has 5 nitrogen and oxygen atoms in total. The molecule has 0 atom stereocenters. The van der Waals surface area contributed by atoms with Crippen LogP contribution in [0, 0.1) is 17.0 Å². The monoisotopic (exact) mass is 271 g/mol. The van der Waals surface area contributed by atoms with Crippen molar-refractivity contribution in [1.29, 1.82) is 0 Å². The van der Waals surface area contributed by atoms with Crippen molar-refractivity contribution >= 4 is 11.7 Å². The molecule has 0 heterocycles. The lowest BCUT2D eigenvalue weighted by atomic mass is 9.91. The maximum Gasteiger partial charge on any atom is 0.233 e. The first-order valence-electron chi connectivity index (χ1n) is 5.49. The molecule has 0 fully saturated rings. The number of nitrogens with two attached hydrogens (primary N) is 1. The second-order valence-corrected chi connectivity index (χ2v) is 4.54. The van der Waals surface area contributed by atoms with E-state index in [1.165, 1.54) is 19.9 Å². The Balaban J connectivity index is 2.71. The SMILES string of the molecule is CC(C)(C(=O)NCc1ccc(F)c(F)c1)C(N)=NO. The summed E-state index contributed by atoms with van der Waals surface area (Å²) in [6.45, 7) is 2.96. The summed E-state index contributed by atoms with van der Waals surface area (Å²) >= 11 is 0. The predicted molar refractivity (Wildman–Crippen MR) is 65.4 cm³/mol. The summed E-state index contributed by atoms with van der Waals surface area (Å²) < 4.78 is 25.7. The molecule has 0 saturated heterocycles. The average molecular weight is 271 g/mol. The van der Waals surface area contributed by atoms with Crippen LogP contribution in [0.15, 0.2) is 23.4 Å². The number of amides is 1. The van der Waals surface area contributed by atoms with Crippen molar-refractivity contribution in [2.75, 3.05) is 0 Å². The summed E-state index contributed by atoms with van der Waals surface area (Å²) in [6.07, 6.45) is 0. The molecule has 0 aliphatic carbocycles. The van der Waals surface area contributed by atoms with Crippen LogP contribution in [-0.4, -0.2) is 17.0 Å². The van der Waals surface area contributed by atoms with E-state index in [1.54, 1.807) is 0 Å². The molecule has 0 saturated carbocycles. The first-order chi connectivity index (χ1) is 8.78. The van der Waals surface area contributed by atoms with Gasteiger partial charge in [0.15, 0.2) is 17.5 Å². The predicted octanol–water partition coefficient (Wildman–Crippen LogP) is 1.35. The lowest BCUT2D eigenvalue weighted by molar-refractivity contribution is -0.126. The van der Waals surface area contributed by atoms with E-state index in [4.69, 9.17) is 10.9 Å². The number of amidine groups is 1. The van der Waals surface area contributed by atoms with Crippen molar-refractivity contribution in [2.45, 2.75) is 20.4 Å². The minimum Gasteiger partial charge on any atom is -0.409 e. The minimum absolute atomic E-state index is 0.0121. The standard InChI is InChI=1S/C12H15F2N3O2/c1-12(2,10(15)17-19)11(18)16-6-7-3-4-8(13)9(14)5-7/h3-5,19H,6H2,1-2H3,(H2,15,17)(H,16,18). The van der Waals surface area contributed by atoms with Gasteiger partial charge in [0.05, 0.1) is 0 Å². The average Bonchev–Trinajstić information content (AvgIpc) is 2.38. The van der Waals surface area contributed by atoms with E-state index in [0.717, 1.165) is 12.1 Å². The van der Waals surface area contributed by atoms with Crippen LogP contribution in [0.1, 0.15) is 19.4 Å². The van der Waals surface area contributed by atoms with E-state index in [1.807, 2.05) is 0 Å². The maximum absolute atomic E-state index is 13.0. The fraction of sp³-hybridized carbons (Fsp3) is 0.333. The summed E-state index contributed by atoms with van der Waals surface area (Å²) in [6, 6.07) is 3.33. The van der Waals surface area contributed by atoms with Gasteiger partial charge in [-0.3, -0.25) is 4.79 Å². The minimum atomic E-state index is -1.20. The van der Waals surface area contributed by atoms with Crippen LogP contribution in [0.5, 0.6) is 0 Å². The number of halogens is 2. The fourth-order valence-corrected chi connectivity index (χ4v) is 1.29. The van der Waals surface area contributed by atoms with Crippen molar-refractivity contribution in [1.82, 2.24) is 5.32 Å².